The summed E-state index contributed by atoms with van der Waals surface area (Å²) < 4.78 is 0. The predicted octanol–water partition coefficient (Wildman–Crippen LogP) is 2.20. The molecule has 2 aromatic carbocycles. The van der Waals surface area contributed by atoms with Crippen LogP contribution >= 0.6 is 0 Å². The van der Waals surface area contributed by atoms with Crippen LogP contribution in [0.15, 0.2) is 48.5 Å². The fourth-order valence-electron chi connectivity index (χ4n) is 1.64. The maximum absolute atomic E-state index is 12.1. The predicted molar refractivity (Wildman–Crippen MR) is 67.7 cm³/mol. The lowest BCUT2D eigenvalue weighted by Crippen LogP contribution is -2.07. The van der Waals surface area contributed by atoms with Crippen LogP contribution in [0.4, 0.5) is 5.69 Å². The number of rotatable bonds is 3. The Balaban J connectivity index is 2.44. The van der Waals surface area contributed by atoms with Crippen LogP contribution in [0.3, 0.4) is 0 Å². The first-order valence-corrected chi connectivity index (χ1v) is 5.32. The Morgan fingerprint density at radius 3 is 2.22 bits per heavy atom. The van der Waals surface area contributed by atoms with Gasteiger partial charge in [-0.2, -0.15) is 0 Å². The molecule has 0 amide bonds. The smallest absolute Gasteiger partial charge is 0.337 e. The molecule has 0 aliphatic heterocycles. The van der Waals surface area contributed by atoms with Gasteiger partial charge in [0.05, 0.1) is 5.56 Å². The molecule has 0 saturated carbocycles. The van der Waals surface area contributed by atoms with Crippen LogP contribution in [0, 0.1) is 0 Å². The average Bonchev–Trinajstić information content (AvgIpc) is 2.39. The number of nitrogens with two attached hydrogens (primary N) is 1. The zero-order valence-corrected chi connectivity index (χ0v) is 9.46. The molecule has 90 valence electrons. The molecule has 0 heterocycles. The van der Waals surface area contributed by atoms with Crippen LogP contribution in [-0.4, -0.2) is 16.9 Å². The van der Waals surface area contributed by atoms with Crippen molar-refractivity contribution < 1.29 is 14.7 Å². The van der Waals surface area contributed by atoms with Gasteiger partial charge < -0.3 is 10.8 Å². The molecule has 0 bridgehead atoms. The molecule has 18 heavy (non-hydrogen) atoms. The van der Waals surface area contributed by atoms with Crippen LogP contribution in [0.2, 0.25) is 0 Å². The molecule has 0 unspecified atom stereocenters. The first-order chi connectivity index (χ1) is 8.59. The molecule has 2 rings (SSSR count). The van der Waals surface area contributed by atoms with E-state index in [4.69, 9.17) is 10.8 Å². The number of nitrogen functional groups attached to an aromatic ring is 1. The molecule has 0 radical (unpaired) electrons. The second-order valence-electron chi connectivity index (χ2n) is 3.80. The van der Waals surface area contributed by atoms with E-state index in [0.29, 0.717) is 11.1 Å². The number of anilines is 1. The van der Waals surface area contributed by atoms with Crippen molar-refractivity contribution in [2.45, 2.75) is 0 Å². The summed E-state index contributed by atoms with van der Waals surface area (Å²) in [5, 5.41) is 8.95. The summed E-state index contributed by atoms with van der Waals surface area (Å²) >= 11 is 0. The van der Waals surface area contributed by atoms with Crippen molar-refractivity contribution in [3.63, 3.8) is 0 Å². The molecule has 0 aliphatic carbocycles. The van der Waals surface area contributed by atoms with Gasteiger partial charge in [0.15, 0.2) is 5.78 Å². The number of carboxylic acids is 1. The van der Waals surface area contributed by atoms with Crippen molar-refractivity contribution in [2.75, 3.05) is 5.73 Å². The highest BCUT2D eigenvalue weighted by molar-refractivity contribution is 6.10. The molecule has 3 N–H and O–H groups in total. The molecule has 0 fully saturated rings. The minimum Gasteiger partial charge on any atom is -0.478 e. The second kappa shape index (κ2) is 4.71. The average molecular weight is 241 g/mol. The third kappa shape index (κ3) is 2.22. The molecule has 0 aliphatic rings. The highest BCUT2D eigenvalue weighted by Gasteiger charge is 2.13. The summed E-state index contributed by atoms with van der Waals surface area (Å²) in [6.45, 7) is 0. The Bertz CT molecular complexity index is 606. The molecule has 0 spiro atoms. The normalized spacial score (nSPS) is 10.0. The van der Waals surface area contributed by atoms with Gasteiger partial charge in [0.2, 0.25) is 0 Å². The minimum atomic E-state index is -1.14. The third-order valence-corrected chi connectivity index (χ3v) is 2.58. The fraction of sp³-hybridized carbons (Fsp3) is 0. The fourth-order valence-corrected chi connectivity index (χ4v) is 1.64. The second-order valence-corrected chi connectivity index (χ2v) is 3.80. The van der Waals surface area contributed by atoms with Crippen molar-refractivity contribution in [3.05, 3.63) is 65.2 Å². The lowest BCUT2D eigenvalue weighted by Gasteiger charge is -2.05. The van der Waals surface area contributed by atoms with Gasteiger partial charge in [0.1, 0.15) is 0 Å². The number of benzene rings is 2. The van der Waals surface area contributed by atoms with E-state index in [1.165, 1.54) is 18.2 Å². The van der Waals surface area contributed by atoms with E-state index >= 15 is 0 Å². The van der Waals surface area contributed by atoms with Gasteiger partial charge in [-0.25, -0.2) is 4.79 Å². The highest BCUT2D eigenvalue weighted by Crippen LogP contribution is 2.17. The quantitative estimate of drug-likeness (QED) is 0.637. The van der Waals surface area contributed by atoms with Crippen LogP contribution in [0.1, 0.15) is 26.3 Å². The topological polar surface area (TPSA) is 80.4 Å². The van der Waals surface area contributed by atoms with E-state index in [1.54, 1.807) is 24.3 Å². The van der Waals surface area contributed by atoms with E-state index < -0.39 is 5.97 Å². The lowest BCUT2D eigenvalue weighted by atomic mass is 10.0. The highest BCUT2D eigenvalue weighted by atomic mass is 16.4. The zero-order valence-electron chi connectivity index (χ0n) is 9.46. The van der Waals surface area contributed by atoms with Crippen molar-refractivity contribution in [1.29, 1.82) is 0 Å². The van der Waals surface area contributed by atoms with Crippen molar-refractivity contribution >= 4 is 17.4 Å². The molecular formula is C14H11NO3. The Morgan fingerprint density at radius 1 is 0.944 bits per heavy atom. The Hall–Kier alpha value is -2.62. The number of carbonyl (C=O) groups excluding carboxylic acids is 1. The first kappa shape index (κ1) is 11.9. The van der Waals surface area contributed by atoms with Gasteiger partial charge in [0.25, 0.3) is 0 Å². The number of aromatic carboxylic acids is 1. The summed E-state index contributed by atoms with van der Waals surface area (Å²) in [6, 6.07) is 12.9. The number of carbonyl (C=O) groups is 2. The van der Waals surface area contributed by atoms with Crippen molar-refractivity contribution in [1.82, 2.24) is 0 Å². The van der Waals surface area contributed by atoms with Gasteiger partial charge in [-0.05, 0) is 18.2 Å². The summed E-state index contributed by atoms with van der Waals surface area (Å²) in [5.41, 5.74) is 6.45. The number of hydrogen-bond acceptors (Lipinski definition) is 3. The van der Waals surface area contributed by atoms with Gasteiger partial charge >= 0.3 is 5.97 Å². The monoisotopic (exact) mass is 241 g/mol. The molecule has 0 saturated heterocycles. The Morgan fingerprint density at radius 2 is 1.61 bits per heavy atom. The summed E-state index contributed by atoms with van der Waals surface area (Å²) in [5.74, 6) is -1.37. The van der Waals surface area contributed by atoms with E-state index in [2.05, 4.69) is 0 Å². The van der Waals surface area contributed by atoms with E-state index in [1.807, 2.05) is 6.07 Å². The van der Waals surface area contributed by atoms with Crippen molar-refractivity contribution in [2.24, 2.45) is 0 Å². The summed E-state index contributed by atoms with van der Waals surface area (Å²) in [7, 11) is 0. The van der Waals surface area contributed by atoms with Gasteiger partial charge in [-0.15, -0.1) is 0 Å². The molecule has 0 atom stereocenters. The number of carboxylic acid groups (broad SMARTS) is 1. The standard InChI is InChI=1S/C14H11NO3/c15-12-7-6-10(8-11(12)14(17)18)13(16)9-4-2-1-3-5-9/h1-8H,15H2,(H,17,18). The minimum absolute atomic E-state index is 0.0585. The van der Waals surface area contributed by atoms with Crippen LogP contribution in [0.25, 0.3) is 0 Å². The molecule has 4 nitrogen and oxygen atoms in total. The zero-order chi connectivity index (χ0) is 13.1. The van der Waals surface area contributed by atoms with Crippen LogP contribution in [-0.2, 0) is 0 Å². The molecule has 2 aromatic rings. The number of hydrogen-bond donors (Lipinski definition) is 2. The molecular weight excluding hydrogens is 230 g/mol. The van der Waals surface area contributed by atoms with Gasteiger partial charge in [-0.1, -0.05) is 30.3 Å². The van der Waals surface area contributed by atoms with Gasteiger partial charge in [0, 0.05) is 16.8 Å². The van der Waals surface area contributed by atoms with E-state index in [9.17, 15) is 9.59 Å². The Kier molecular flexibility index (Phi) is 3.10. The van der Waals surface area contributed by atoms with E-state index in [-0.39, 0.29) is 17.0 Å². The van der Waals surface area contributed by atoms with Crippen LogP contribution in [0.5, 0.6) is 0 Å². The van der Waals surface area contributed by atoms with Crippen LogP contribution < -0.4 is 5.73 Å². The SMILES string of the molecule is Nc1ccc(C(=O)c2ccccc2)cc1C(=O)O. The largest absolute Gasteiger partial charge is 0.478 e. The first-order valence-electron chi connectivity index (χ1n) is 5.32. The maximum Gasteiger partial charge on any atom is 0.337 e. The number of ketones is 1. The Labute approximate surface area is 104 Å². The summed E-state index contributed by atoms with van der Waals surface area (Å²) in [4.78, 5) is 23.0. The maximum atomic E-state index is 12.1. The molecule has 4 heteroatoms. The molecule has 0 aromatic heterocycles. The van der Waals surface area contributed by atoms with Gasteiger partial charge in [-0.3, -0.25) is 4.79 Å². The van der Waals surface area contributed by atoms with Crippen molar-refractivity contribution in [3.8, 4) is 0 Å². The summed E-state index contributed by atoms with van der Waals surface area (Å²) in [6.07, 6.45) is 0. The van der Waals surface area contributed by atoms with E-state index in [0.717, 1.165) is 0 Å². The third-order valence-electron chi connectivity index (χ3n) is 2.58. The lowest BCUT2D eigenvalue weighted by molar-refractivity contribution is 0.0698.